The largest absolute Gasteiger partial charge is 0.351 e. The Kier molecular flexibility index (Phi) is 8.11. The summed E-state index contributed by atoms with van der Waals surface area (Å²) in [4.78, 5) is 18.6. The van der Waals surface area contributed by atoms with Crippen LogP contribution in [0.15, 0.2) is 45.6 Å². The summed E-state index contributed by atoms with van der Waals surface area (Å²) in [5.74, 6) is -0.0419. The number of nitrogens with two attached hydrogens (primary N) is 1. The van der Waals surface area contributed by atoms with Crippen molar-refractivity contribution in [2.24, 2.45) is 5.73 Å². The molecular weight excluding hydrogens is 400 g/mol. The number of rotatable bonds is 3. The zero-order valence-corrected chi connectivity index (χ0v) is 14.7. The molecule has 0 saturated heterocycles. The Labute approximate surface area is 140 Å². The molecule has 5 nitrogen and oxygen atoms in total. The highest BCUT2D eigenvalue weighted by Crippen LogP contribution is 2.07. The van der Waals surface area contributed by atoms with Crippen molar-refractivity contribution >= 4 is 37.8 Å². The monoisotopic (exact) mass is 414 g/mol. The van der Waals surface area contributed by atoms with Crippen LogP contribution in [0, 0.1) is 0 Å². The molecule has 2 rings (SSSR count). The van der Waals surface area contributed by atoms with E-state index < -0.39 is 0 Å². The van der Waals surface area contributed by atoms with Gasteiger partial charge in [0.2, 0.25) is 5.91 Å². The number of carbonyl (C=O) groups excluding carboxylic acids is 1. The summed E-state index contributed by atoms with van der Waals surface area (Å²) in [5, 5.41) is 2.66. The molecule has 0 bridgehead atoms. The van der Waals surface area contributed by atoms with Gasteiger partial charge in [-0.1, -0.05) is 0 Å². The summed E-state index contributed by atoms with van der Waals surface area (Å²) >= 11 is 6.55. The zero-order valence-electron chi connectivity index (χ0n) is 11.5. The normalized spacial score (nSPS) is 9.52. The lowest BCUT2D eigenvalue weighted by atomic mass is 10.3. The predicted octanol–water partition coefficient (Wildman–Crippen LogP) is 2.78. The molecule has 0 aromatic carbocycles. The molecule has 2 aromatic rings. The number of nitrogens with one attached hydrogen (secondary N) is 1. The molecule has 112 valence electrons. The quantitative estimate of drug-likeness (QED) is 0.807. The second kappa shape index (κ2) is 9.59. The summed E-state index contributed by atoms with van der Waals surface area (Å²) in [5.41, 5.74) is 7.09. The van der Waals surface area contributed by atoms with Crippen LogP contribution in [0.4, 0.5) is 0 Å². The van der Waals surface area contributed by atoms with Crippen LogP contribution < -0.4 is 11.1 Å². The summed E-state index contributed by atoms with van der Waals surface area (Å²) in [6.07, 6.45) is 3.44. The lowest BCUT2D eigenvalue weighted by molar-refractivity contribution is -0.119. The van der Waals surface area contributed by atoms with E-state index in [1.807, 2.05) is 24.3 Å². The maximum Gasteiger partial charge on any atom is 0.217 e. The summed E-state index contributed by atoms with van der Waals surface area (Å²) in [6.45, 7) is 2.48. The first-order valence-electron chi connectivity index (χ1n) is 6.16. The average molecular weight is 416 g/mol. The van der Waals surface area contributed by atoms with Gasteiger partial charge in [-0.05, 0) is 56.1 Å². The first kappa shape index (κ1) is 17.7. The van der Waals surface area contributed by atoms with Gasteiger partial charge in [-0.25, -0.2) is 0 Å². The first-order valence-corrected chi connectivity index (χ1v) is 7.75. The Balaban J connectivity index is 0.000000219. The van der Waals surface area contributed by atoms with E-state index in [2.05, 4.69) is 47.1 Å². The summed E-state index contributed by atoms with van der Waals surface area (Å²) in [7, 11) is 0. The van der Waals surface area contributed by atoms with Crippen molar-refractivity contribution in [3.05, 3.63) is 57.0 Å². The summed E-state index contributed by atoms with van der Waals surface area (Å²) in [6, 6.07) is 7.57. The Morgan fingerprint density at radius 2 is 1.62 bits per heavy atom. The molecule has 2 heterocycles. The van der Waals surface area contributed by atoms with E-state index >= 15 is 0 Å². The number of amides is 1. The third-order valence-electron chi connectivity index (χ3n) is 2.30. The van der Waals surface area contributed by atoms with Crippen molar-refractivity contribution in [2.75, 3.05) is 0 Å². The van der Waals surface area contributed by atoms with E-state index in [-0.39, 0.29) is 5.91 Å². The number of aromatic nitrogens is 2. The van der Waals surface area contributed by atoms with Gasteiger partial charge in [0.15, 0.2) is 0 Å². The van der Waals surface area contributed by atoms with Crippen LogP contribution in [0.25, 0.3) is 0 Å². The topological polar surface area (TPSA) is 80.9 Å². The fraction of sp³-hybridized carbons (Fsp3) is 0.214. The molecule has 0 radical (unpaired) electrons. The van der Waals surface area contributed by atoms with E-state index in [1.54, 1.807) is 12.4 Å². The highest BCUT2D eigenvalue weighted by atomic mass is 79.9. The second-order valence-corrected chi connectivity index (χ2v) is 5.88. The molecule has 0 aliphatic rings. The zero-order chi connectivity index (χ0) is 15.7. The van der Waals surface area contributed by atoms with Crippen LogP contribution in [0.5, 0.6) is 0 Å². The van der Waals surface area contributed by atoms with Crippen LogP contribution >= 0.6 is 31.9 Å². The van der Waals surface area contributed by atoms with E-state index in [9.17, 15) is 4.79 Å². The molecular formula is C14H16Br2N4O. The smallest absolute Gasteiger partial charge is 0.217 e. The van der Waals surface area contributed by atoms with Crippen molar-refractivity contribution in [2.45, 2.75) is 20.0 Å². The minimum absolute atomic E-state index is 0.0419. The lowest BCUT2D eigenvalue weighted by Crippen LogP contribution is -2.19. The molecule has 0 aliphatic carbocycles. The van der Waals surface area contributed by atoms with Crippen molar-refractivity contribution in [1.82, 2.24) is 15.3 Å². The van der Waals surface area contributed by atoms with E-state index in [0.29, 0.717) is 13.1 Å². The summed E-state index contributed by atoms with van der Waals surface area (Å²) < 4.78 is 1.92. The third-order valence-corrected chi connectivity index (χ3v) is 3.24. The van der Waals surface area contributed by atoms with Gasteiger partial charge in [-0.3, -0.25) is 14.8 Å². The molecule has 0 unspecified atom stereocenters. The van der Waals surface area contributed by atoms with E-state index in [4.69, 9.17) is 5.73 Å². The molecule has 0 aliphatic heterocycles. The molecule has 2 aromatic heterocycles. The van der Waals surface area contributed by atoms with Gasteiger partial charge in [0, 0.05) is 34.8 Å². The molecule has 0 fully saturated rings. The van der Waals surface area contributed by atoms with Gasteiger partial charge in [-0.2, -0.15) is 0 Å². The number of nitrogens with zero attached hydrogens (tertiary/aromatic N) is 2. The Bertz CT molecular complexity index is 558. The number of halogens is 2. The predicted molar refractivity (Wildman–Crippen MR) is 89.3 cm³/mol. The van der Waals surface area contributed by atoms with Crippen LogP contribution in [0.2, 0.25) is 0 Å². The molecule has 7 heteroatoms. The minimum Gasteiger partial charge on any atom is -0.351 e. The molecule has 3 N–H and O–H groups in total. The maximum atomic E-state index is 10.5. The SMILES string of the molecule is CC(=O)NCc1ccc(Br)cn1.NCc1ccc(Br)cn1. The number of hydrogen-bond acceptors (Lipinski definition) is 4. The van der Waals surface area contributed by atoms with Crippen LogP contribution in [-0.2, 0) is 17.9 Å². The standard InChI is InChI=1S/C8H9BrN2O.C6H7BrN2/c1-6(12)10-5-8-3-2-7(9)4-11-8;7-5-1-2-6(3-8)9-4-5/h2-4H,5H2,1H3,(H,10,12);1-2,4H,3,8H2. The Morgan fingerprint density at radius 3 is 2.00 bits per heavy atom. The van der Waals surface area contributed by atoms with Crippen LogP contribution in [0.3, 0.4) is 0 Å². The van der Waals surface area contributed by atoms with E-state index in [1.165, 1.54) is 6.92 Å². The van der Waals surface area contributed by atoms with Crippen molar-refractivity contribution < 1.29 is 4.79 Å². The van der Waals surface area contributed by atoms with Gasteiger partial charge in [0.05, 0.1) is 17.9 Å². The minimum atomic E-state index is -0.0419. The van der Waals surface area contributed by atoms with Gasteiger partial charge in [-0.15, -0.1) is 0 Å². The van der Waals surface area contributed by atoms with Gasteiger partial charge < -0.3 is 11.1 Å². The second-order valence-electron chi connectivity index (χ2n) is 4.05. The molecule has 1 amide bonds. The van der Waals surface area contributed by atoms with Gasteiger partial charge in [0.25, 0.3) is 0 Å². The maximum absolute atomic E-state index is 10.5. The lowest BCUT2D eigenvalue weighted by Gasteiger charge is -2.00. The van der Waals surface area contributed by atoms with Crippen molar-refractivity contribution in [3.8, 4) is 0 Å². The van der Waals surface area contributed by atoms with Crippen LogP contribution in [-0.4, -0.2) is 15.9 Å². The molecule has 0 atom stereocenters. The fourth-order valence-corrected chi connectivity index (χ4v) is 1.72. The molecule has 0 saturated carbocycles. The average Bonchev–Trinajstić information content (AvgIpc) is 2.48. The van der Waals surface area contributed by atoms with Gasteiger partial charge in [0.1, 0.15) is 0 Å². The molecule has 21 heavy (non-hydrogen) atoms. The highest BCUT2D eigenvalue weighted by molar-refractivity contribution is 9.10. The Hall–Kier alpha value is -1.31. The highest BCUT2D eigenvalue weighted by Gasteiger charge is 1.94. The third kappa shape index (κ3) is 7.89. The Morgan fingerprint density at radius 1 is 1.10 bits per heavy atom. The van der Waals surface area contributed by atoms with E-state index in [0.717, 1.165) is 20.3 Å². The fourth-order valence-electron chi connectivity index (χ4n) is 1.25. The van der Waals surface area contributed by atoms with Gasteiger partial charge >= 0.3 is 0 Å². The van der Waals surface area contributed by atoms with Crippen molar-refractivity contribution in [1.29, 1.82) is 0 Å². The number of carbonyl (C=O) groups is 1. The molecule has 0 spiro atoms. The number of pyridine rings is 2. The number of hydrogen-bond donors (Lipinski definition) is 2. The first-order chi connectivity index (χ1) is 10.0. The van der Waals surface area contributed by atoms with Crippen molar-refractivity contribution in [3.63, 3.8) is 0 Å². The van der Waals surface area contributed by atoms with Crippen LogP contribution in [0.1, 0.15) is 18.3 Å².